The van der Waals surface area contributed by atoms with Crippen LogP contribution in [0, 0.1) is 0 Å². The highest BCUT2D eigenvalue weighted by atomic mass is 19.4. The van der Waals surface area contributed by atoms with E-state index in [1.165, 1.54) is 6.07 Å². The summed E-state index contributed by atoms with van der Waals surface area (Å²) in [6.45, 7) is 2.91. The second-order valence-electron chi connectivity index (χ2n) is 6.75. The maximum atomic E-state index is 12.6. The minimum absolute atomic E-state index is 0.0000201. The van der Waals surface area contributed by atoms with Crippen LogP contribution >= 0.6 is 0 Å². The number of pyridine rings is 1. The van der Waals surface area contributed by atoms with Crippen LogP contribution in [0.1, 0.15) is 25.3 Å². The summed E-state index contributed by atoms with van der Waals surface area (Å²) in [4.78, 5) is 18.2. The summed E-state index contributed by atoms with van der Waals surface area (Å²) in [5.74, 6) is 0.960. The van der Waals surface area contributed by atoms with Crippen molar-refractivity contribution in [2.75, 3.05) is 18.0 Å². The number of amides is 1. The van der Waals surface area contributed by atoms with Crippen molar-refractivity contribution in [1.82, 2.24) is 10.3 Å². The predicted octanol–water partition coefficient (Wildman–Crippen LogP) is 3.65. The number of piperidine rings is 1. The summed E-state index contributed by atoms with van der Waals surface area (Å²) >= 11 is 0. The van der Waals surface area contributed by atoms with Crippen LogP contribution in [0.25, 0.3) is 0 Å². The van der Waals surface area contributed by atoms with Crippen LogP contribution in [-0.2, 0) is 11.0 Å². The Morgan fingerprint density at radius 2 is 1.86 bits per heavy atom. The first-order valence-corrected chi connectivity index (χ1v) is 9.13. The fourth-order valence-electron chi connectivity index (χ4n) is 3.07. The Bertz CT molecular complexity index is 774. The van der Waals surface area contributed by atoms with Crippen molar-refractivity contribution in [2.24, 2.45) is 0 Å². The molecule has 1 aliphatic heterocycles. The van der Waals surface area contributed by atoms with Gasteiger partial charge in [-0.1, -0.05) is 18.2 Å². The summed E-state index contributed by atoms with van der Waals surface area (Å²) < 4.78 is 43.5. The van der Waals surface area contributed by atoms with Gasteiger partial charge in [-0.25, -0.2) is 4.98 Å². The Kier molecular flexibility index (Phi) is 6.06. The summed E-state index contributed by atoms with van der Waals surface area (Å²) in [6.07, 6.45) is -2.77. The number of carbonyl (C=O) groups is 1. The van der Waals surface area contributed by atoms with E-state index < -0.39 is 17.8 Å². The van der Waals surface area contributed by atoms with Crippen molar-refractivity contribution in [3.8, 4) is 5.75 Å². The zero-order chi connectivity index (χ0) is 20.1. The Balaban J connectivity index is 1.48. The van der Waals surface area contributed by atoms with Crippen LogP contribution in [0.5, 0.6) is 5.75 Å². The average molecular weight is 393 g/mol. The zero-order valence-corrected chi connectivity index (χ0v) is 15.4. The lowest BCUT2D eigenvalue weighted by molar-refractivity contribution is -0.137. The number of hydrogen-bond acceptors (Lipinski definition) is 4. The molecule has 0 spiro atoms. The van der Waals surface area contributed by atoms with Crippen molar-refractivity contribution in [2.45, 2.75) is 38.1 Å². The molecular formula is C20H22F3N3O2. The van der Waals surface area contributed by atoms with E-state index in [9.17, 15) is 18.0 Å². The summed E-state index contributed by atoms with van der Waals surface area (Å²) in [5.41, 5.74) is -0.759. The molecule has 1 atom stereocenters. The molecule has 1 saturated heterocycles. The highest BCUT2D eigenvalue weighted by molar-refractivity contribution is 5.81. The first kappa shape index (κ1) is 20.0. The maximum Gasteiger partial charge on any atom is 0.417 e. The molecule has 0 saturated carbocycles. The third-order valence-electron chi connectivity index (χ3n) is 4.67. The van der Waals surface area contributed by atoms with Gasteiger partial charge in [-0.2, -0.15) is 13.2 Å². The summed E-state index contributed by atoms with van der Waals surface area (Å²) in [7, 11) is 0. The second-order valence-corrected chi connectivity index (χ2v) is 6.75. The Hall–Kier alpha value is -2.77. The number of benzene rings is 1. The number of rotatable bonds is 5. The molecule has 150 valence electrons. The highest BCUT2D eigenvalue weighted by Gasteiger charge is 2.31. The number of anilines is 1. The zero-order valence-electron chi connectivity index (χ0n) is 15.4. The molecule has 1 fully saturated rings. The Labute approximate surface area is 161 Å². The maximum absolute atomic E-state index is 12.6. The van der Waals surface area contributed by atoms with Crippen LogP contribution in [0.4, 0.5) is 19.0 Å². The molecule has 28 heavy (non-hydrogen) atoms. The van der Waals surface area contributed by atoms with Crippen molar-refractivity contribution >= 4 is 11.7 Å². The lowest BCUT2D eigenvalue weighted by Crippen LogP contribution is -2.48. The molecular weight excluding hydrogens is 371 g/mol. The SMILES string of the molecule is CC(Oc1ccccc1)C(=O)NC1CCN(c2ccc(C(F)(F)F)cn2)CC1. The number of ether oxygens (including phenoxy) is 1. The van der Waals surface area contributed by atoms with Crippen LogP contribution in [0.15, 0.2) is 48.7 Å². The normalized spacial score (nSPS) is 16.5. The first-order chi connectivity index (χ1) is 13.3. The highest BCUT2D eigenvalue weighted by Crippen LogP contribution is 2.29. The smallest absolute Gasteiger partial charge is 0.417 e. The van der Waals surface area contributed by atoms with Gasteiger partial charge < -0.3 is 15.0 Å². The van der Waals surface area contributed by atoms with E-state index >= 15 is 0 Å². The summed E-state index contributed by atoms with van der Waals surface area (Å²) in [6, 6.07) is 11.6. The van der Waals surface area contributed by atoms with E-state index in [1.54, 1.807) is 19.1 Å². The summed E-state index contributed by atoms with van der Waals surface area (Å²) in [5, 5.41) is 2.98. The fraction of sp³-hybridized carbons (Fsp3) is 0.400. The van der Waals surface area contributed by atoms with E-state index in [1.807, 2.05) is 23.1 Å². The van der Waals surface area contributed by atoms with Gasteiger partial charge in [0, 0.05) is 25.3 Å². The minimum Gasteiger partial charge on any atom is -0.481 e. The van der Waals surface area contributed by atoms with Crippen molar-refractivity contribution in [1.29, 1.82) is 0 Å². The van der Waals surface area contributed by atoms with E-state index in [0.29, 0.717) is 37.5 Å². The largest absolute Gasteiger partial charge is 0.481 e. The average Bonchev–Trinajstić information content (AvgIpc) is 2.69. The number of nitrogens with zero attached hydrogens (tertiary/aromatic N) is 2. The molecule has 0 bridgehead atoms. The number of nitrogens with one attached hydrogen (secondary N) is 1. The van der Waals surface area contributed by atoms with Gasteiger partial charge in [0.15, 0.2) is 6.10 Å². The van der Waals surface area contributed by atoms with Gasteiger partial charge >= 0.3 is 6.18 Å². The van der Waals surface area contributed by atoms with Crippen molar-refractivity contribution in [3.63, 3.8) is 0 Å². The number of carbonyl (C=O) groups excluding carboxylic acids is 1. The molecule has 1 amide bonds. The van der Waals surface area contributed by atoms with Crippen LogP contribution in [-0.4, -0.2) is 36.1 Å². The molecule has 0 aliphatic carbocycles. The molecule has 1 aromatic carbocycles. The van der Waals surface area contributed by atoms with Gasteiger partial charge in [0.2, 0.25) is 0 Å². The molecule has 1 N–H and O–H groups in total. The fourth-order valence-corrected chi connectivity index (χ4v) is 3.07. The Morgan fingerprint density at radius 3 is 2.43 bits per heavy atom. The molecule has 3 rings (SSSR count). The number of para-hydroxylation sites is 1. The molecule has 8 heteroatoms. The number of alkyl halides is 3. The lowest BCUT2D eigenvalue weighted by Gasteiger charge is -2.33. The molecule has 2 heterocycles. The topological polar surface area (TPSA) is 54.5 Å². The van der Waals surface area contributed by atoms with E-state index in [4.69, 9.17) is 4.74 Å². The van der Waals surface area contributed by atoms with Crippen LogP contribution in [0.3, 0.4) is 0 Å². The van der Waals surface area contributed by atoms with Gasteiger partial charge in [-0.05, 0) is 44.0 Å². The monoisotopic (exact) mass is 393 g/mol. The molecule has 0 radical (unpaired) electrons. The molecule has 2 aromatic rings. The molecule has 1 aliphatic rings. The van der Waals surface area contributed by atoms with Crippen LogP contribution in [0.2, 0.25) is 0 Å². The van der Waals surface area contributed by atoms with Gasteiger partial charge in [0.25, 0.3) is 5.91 Å². The van der Waals surface area contributed by atoms with E-state index in [-0.39, 0.29) is 11.9 Å². The van der Waals surface area contributed by atoms with E-state index in [0.717, 1.165) is 12.3 Å². The minimum atomic E-state index is -4.39. The third-order valence-corrected chi connectivity index (χ3v) is 4.67. The van der Waals surface area contributed by atoms with Gasteiger partial charge in [-0.3, -0.25) is 4.79 Å². The number of aromatic nitrogens is 1. The van der Waals surface area contributed by atoms with Crippen molar-refractivity contribution < 1.29 is 22.7 Å². The quantitative estimate of drug-likeness (QED) is 0.843. The van der Waals surface area contributed by atoms with Gasteiger partial charge in [0.1, 0.15) is 11.6 Å². The standard InChI is InChI=1S/C20H22F3N3O2/c1-14(28-17-5-3-2-4-6-17)19(27)25-16-9-11-26(12-10-16)18-8-7-15(13-24-18)20(21,22)23/h2-8,13-14,16H,9-12H2,1H3,(H,25,27). The van der Waals surface area contributed by atoms with E-state index in [2.05, 4.69) is 10.3 Å². The second kappa shape index (κ2) is 8.50. The molecule has 1 aromatic heterocycles. The van der Waals surface area contributed by atoms with Crippen LogP contribution < -0.4 is 15.0 Å². The van der Waals surface area contributed by atoms with Gasteiger partial charge in [-0.15, -0.1) is 0 Å². The molecule has 1 unspecified atom stereocenters. The third kappa shape index (κ3) is 5.15. The lowest BCUT2D eigenvalue weighted by atomic mass is 10.0. The van der Waals surface area contributed by atoms with Crippen molar-refractivity contribution in [3.05, 3.63) is 54.2 Å². The molecule has 5 nitrogen and oxygen atoms in total. The predicted molar refractivity (Wildman–Crippen MR) is 99.1 cm³/mol. The Morgan fingerprint density at radius 1 is 1.18 bits per heavy atom. The number of halogens is 3. The van der Waals surface area contributed by atoms with Gasteiger partial charge in [0.05, 0.1) is 5.56 Å². The first-order valence-electron chi connectivity index (χ1n) is 9.13. The number of hydrogen-bond donors (Lipinski definition) is 1.